The van der Waals surface area contributed by atoms with E-state index in [9.17, 15) is 0 Å². The highest BCUT2D eigenvalue weighted by Crippen LogP contribution is 2.44. The lowest BCUT2D eigenvalue weighted by atomic mass is 9.98. The Morgan fingerprint density at radius 2 is 0.569 bits per heavy atom. The Balaban J connectivity index is 0.927. The van der Waals surface area contributed by atoms with Crippen LogP contribution in [0, 0.1) is 0 Å². The van der Waals surface area contributed by atoms with Crippen LogP contribution < -0.4 is 0 Å². The van der Waals surface area contributed by atoms with Crippen molar-refractivity contribution in [3.8, 4) is 44.5 Å². The summed E-state index contributed by atoms with van der Waals surface area (Å²) in [6.45, 7) is 0. The van der Waals surface area contributed by atoms with Crippen LogP contribution in [-0.4, -0.2) is 0 Å². The molecule has 9 aromatic carbocycles. The van der Waals surface area contributed by atoms with Crippen molar-refractivity contribution in [1.29, 1.82) is 0 Å². The summed E-state index contributed by atoms with van der Waals surface area (Å²) in [4.78, 5) is 0. The zero-order valence-electron chi connectivity index (χ0n) is 31.0. The zero-order valence-corrected chi connectivity index (χ0v) is 31.0. The summed E-state index contributed by atoms with van der Waals surface area (Å²) in [5.74, 6) is 0. The van der Waals surface area contributed by atoms with Crippen LogP contribution in [0.1, 0.15) is 0 Å². The fourth-order valence-corrected chi connectivity index (χ4v) is 9.05. The molecule has 270 valence electrons. The van der Waals surface area contributed by atoms with Gasteiger partial charge >= 0.3 is 0 Å². The van der Waals surface area contributed by atoms with E-state index in [1.54, 1.807) is 0 Å². The first kappa shape index (κ1) is 31.4. The second kappa shape index (κ2) is 11.8. The number of hydrogen-bond acceptors (Lipinski definition) is 4. The lowest BCUT2D eigenvalue weighted by Gasteiger charge is -2.04. The summed E-state index contributed by atoms with van der Waals surface area (Å²) in [5.41, 5.74) is 15.7. The highest BCUT2D eigenvalue weighted by atomic mass is 16.3. The first-order valence-corrected chi connectivity index (χ1v) is 19.5. The second-order valence-electron chi connectivity index (χ2n) is 15.2. The van der Waals surface area contributed by atoms with Crippen molar-refractivity contribution < 1.29 is 17.7 Å². The second-order valence-corrected chi connectivity index (χ2v) is 15.2. The average molecular weight is 743 g/mol. The molecule has 0 amide bonds. The SMILES string of the molecule is c1ccc(-c2ccc3oc4ccc(-c5cccc6c5oc5cc7c(cc56)oc5c(-c6ccc8oc9ccc(-c%10ccccc%10)cc9c8c6)cccc57)cc4c3c2)cc1. The molecule has 0 N–H and O–H groups in total. The lowest BCUT2D eigenvalue weighted by Crippen LogP contribution is -1.80. The topological polar surface area (TPSA) is 52.6 Å². The molecular formula is C54H30O4. The maximum Gasteiger partial charge on any atom is 0.143 e. The molecule has 0 bridgehead atoms. The maximum absolute atomic E-state index is 6.78. The standard InChI is InChI=1S/C54H30O4/c1-3-9-31(10-4-1)33-17-21-47-41(25-33)43-27-35(19-23-49(43)55-47)37-13-7-15-39-45-29-52-46(30-51(45)57-53(37)39)40-16-8-14-38(54(40)58-52)36-20-24-50-44(28-36)42-26-34(18-22-48(42)56-50)32-11-5-2-6-12-32/h1-30H. The maximum atomic E-state index is 6.78. The molecule has 13 aromatic rings. The van der Waals surface area contributed by atoms with Gasteiger partial charge in [0.05, 0.1) is 0 Å². The molecule has 4 nitrogen and oxygen atoms in total. The van der Waals surface area contributed by atoms with E-state index in [1.165, 1.54) is 11.1 Å². The smallest absolute Gasteiger partial charge is 0.143 e. The van der Waals surface area contributed by atoms with Crippen molar-refractivity contribution in [2.45, 2.75) is 0 Å². The molecule has 4 heteroatoms. The molecule has 0 atom stereocenters. The van der Waals surface area contributed by atoms with Crippen LogP contribution in [0.4, 0.5) is 0 Å². The predicted molar refractivity (Wildman–Crippen MR) is 237 cm³/mol. The molecule has 4 aromatic heterocycles. The molecule has 0 saturated carbocycles. The van der Waals surface area contributed by atoms with Gasteiger partial charge in [-0.15, -0.1) is 0 Å². The summed E-state index contributed by atoms with van der Waals surface area (Å²) >= 11 is 0. The van der Waals surface area contributed by atoms with E-state index >= 15 is 0 Å². The molecule has 0 spiro atoms. The number of furan rings is 4. The molecular weight excluding hydrogens is 713 g/mol. The normalized spacial score (nSPS) is 12.1. The first-order chi connectivity index (χ1) is 28.7. The van der Waals surface area contributed by atoms with E-state index in [0.717, 1.165) is 121 Å². The van der Waals surface area contributed by atoms with Gasteiger partial charge in [0.2, 0.25) is 0 Å². The van der Waals surface area contributed by atoms with E-state index < -0.39 is 0 Å². The molecule has 0 aliphatic heterocycles. The Labute approximate surface area is 330 Å². The monoisotopic (exact) mass is 742 g/mol. The van der Waals surface area contributed by atoms with Crippen molar-refractivity contribution in [1.82, 2.24) is 0 Å². The minimum absolute atomic E-state index is 0.825. The highest BCUT2D eigenvalue weighted by molar-refractivity contribution is 6.19. The van der Waals surface area contributed by atoms with E-state index in [2.05, 4.69) is 170 Å². The van der Waals surface area contributed by atoms with Gasteiger partial charge in [-0.05, 0) is 94.0 Å². The zero-order chi connectivity index (χ0) is 37.9. The van der Waals surface area contributed by atoms with Crippen LogP contribution in [0.15, 0.2) is 200 Å². The third-order valence-corrected chi connectivity index (χ3v) is 11.9. The number of rotatable bonds is 4. The van der Waals surface area contributed by atoms with E-state index in [-0.39, 0.29) is 0 Å². The van der Waals surface area contributed by atoms with Gasteiger partial charge in [-0.1, -0.05) is 121 Å². The molecule has 0 aliphatic carbocycles. The lowest BCUT2D eigenvalue weighted by molar-refractivity contribution is 0.665. The van der Waals surface area contributed by atoms with Gasteiger partial charge in [0.15, 0.2) is 0 Å². The largest absolute Gasteiger partial charge is 0.456 e. The van der Waals surface area contributed by atoms with Gasteiger partial charge in [0.25, 0.3) is 0 Å². The van der Waals surface area contributed by atoms with Crippen LogP contribution in [0.25, 0.3) is 132 Å². The third-order valence-electron chi connectivity index (χ3n) is 11.9. The summed E-state index contributed by atoms with van der Waals surface area (Å²) < 4.78 is 26.1. The van der Waals surface area contributed by atoms with Crippen molar-refractivity contribution in [2.75, 3.05) is 0 Å². The van der Waals surface area contributed by atoms with Gasteiger partial charge in [-0.3, -0.25) is 0 Å². The van der Waals surface area contributed by atoms with Crippen LogP contribution in [0.3, 0.4) is 0 Å². The number of hydrogen-bond donors (Lipinski definition) is 0. The van der Waals surface area contributed by atoms with Gasteiger partial charge < -0.3 is 17.7 Å². The Morgan fingerprint density at radius 3 is 0.983 bits per heavy atom. The van der Waals surface area contributed by atoms with Crippen LogP contribution in [0.2, 0.25) is 0 Å². The van der Waals surface area contributed by atoms with Crippen LogP contribution in [-0.2, 0) is 0 Å². The number of benzene rings is 9. The third kappa shape index (κ3) is 4.63. The van der Waals surface area contributed by atoms with Crippen LogP contribution in [0.5, 0.6) is 0 Å². The average Bonchev–Trinajstić information content (AvgIpc) is 4.05. The molecule has 0 fully saturated rings. The van der Waals surface area contributed by atoms with Gasteiger partial charge in [0, 0.05) is 54.2 Å². The number of fused-ring (bicyclic) bond motifs is 12. The fourth-order valence-electron chi connectivity index (χ4n) is 9.05. The molecule has 0 unspecified atom stereocenters. The minimum atomic E-state index is 0.825. The molecule has 4 heterocycles. The van der Waals surface area contributed by atoms with Crippen molar-refractivity contribution in [3.63, 3.8) is 0 Å². The first-order valence-electron chi connectivity index (χ1n) is 19.5. The van der Waals surface area contributed by atoms with Crippen LogP contribution >= 0.6 is 0 Å². The Morgan fingerprint density at radius 1 is 0.207 bits per heavy atom. The van der Waals surface area contributed by atoms with Crippen molar-refractivity contribution in [3.05, 3.63) is 182 Å². The quantitative estimate of drug-likeness (QED) is 0.180. The van der Waals surface area contributed by atoms with Crippen molar-refractivity contribution >= 4 is 87.8 Å². The number of para-hydroxylation sites is 2. The molecule has 0 aliphatic rings. The Bertz CT molecular complexity index is 3530. The van der Waals surface area contributed by atoms with E-state index in [4.69, 9.17) is 17.7 Å². The summed E-state index contributed by atoms with van der Waals surface area (Å²) in [6, 6.07) is 63.7. The predicted octanol–water partition coefficient (Wildman–Crippen LogP) is 16.0. The van der Waals surface area contributed by atoms with Crippen molar-refractivity contribution in [2.24, 2.45) is 0 Å². The molecule has 0 radical (unpaired) electrons. The molecule has 13 rings (SSSR count). The Kier molecular flexibility index (Phi) is 6.41. The highest BCUT2D eigenvalue weighted by Gasteiger charge is 2.20. The fraction of sp³-hybridized carbons (Fsp3) is 0. The summed E-state index contributed by atoms with van der Waals surface area (Å²) in [6.07, 6.45) is 0. The van der Waals surface area contributed by atoms with Gasteiger partial charge in [0.1, 0.15) is 44.7 Å². The minimum Gasteiger partial charge on any atom is -0.456 e. The van der Waals surface area contributed by atoms with Gasteiger partial charge in [-0.2, -0.15) is 0 Å². The molecule has 58 heavy (non-hydrogen) atoms. The summed E-state index contributed by atoms with van der Waals surface area (Å²) in [5, 5.41) is 8.48. The van der Waals surface area contributed by atoms with E-state index in [0.29, 0.717) is 0 Å². The van der Waals surface area contributed by atoms with E-state index in [1.807, 2.05) is 12.1 Å². The summed E-state index contributed by atoms with van der Waals surface area (Å²) in [7, 11) is 0. The Hall–Kier alpha value is -7.82. The molecule has 0 saturated heterocycles. The van der Waals surface area contributed by atoms with Gasteiger partial charge in [-0.25, -0.2) is 0 Å².